The third-order valence-corrected chi connectivity index (χ3v) is 5.35. The normalized spacial score (nSPS) is 12.9. The standard InChI is InChI=1S/C21H29N7O5/c1-5-33-21(30)27-17-8-9-22-13-16(17)19(24-27)23-20(29)15-7-6-14(12-18(15)28(31)32)26(4)11-10-25(2)3/h6-7,12,22H,5,8-11,13H2,1-4H3,(H,23,24,29). The van der Waals surface area contributed by atoms with Crippen LogP contribution in [0.1, 0.15) is 28.5 Å². The highest BCUT2D eigenvalue weighted by Gasteiger charge is 2.28. The van der Waals surface area contributed by atoms with Crippen molar-refractivity contribution in [2.24, 2.45) is 0 Å². The van der Waals surface area contributed by atoms with E-state index in [2.05, 4.69) is 15.7 Å². The van der Waals surface area contributed by atoms with E-state index in [0.717, 1.165) is 11.2 Å². The molecule has 1 amide bonds. The minimum atomic E-state index is -0.675. The van der Waals surface area contributed by atoms with E-state index in [1.807, 2.05) is 30.9 Å². The number of amides is 1. The molecular formula is C21H29N7O5. The fraction of sp³-hybridized carbons (Fsp3) is 0.476. The number of rotatable bonds is 8. The first-order chi connectivity index (χ1) is 15.7. The largest absolute Gasteiger partial charge is 0.448 e. The fourth-order valence-corrected chi connectivity index (χ4v) is 3.54. The van der Waals surface area contributed by atoms with Crippen molar-refractivity contribution in [2.75, 3.05) is 57.6 Å². The number of carbonyl (C=O) groups is 2. The molecule has 2 heterocycles. The topological polar surface area (TPSA) is 135 Å². The van der Waals surface area contributed by atoms with Crippen LogP contribution in [-0.4, -0.2) is 79.0 Å². The van der Waals surface area contributed by atoms with Gasteiger partial charge >= 0.3 is 6.09 Å². The second-order valence-corrected chi connectivity index (χ2v) is 7.95. The van der Waals surface area contributed by atoms with Gasteiger partial charge in [-0.25, -0.2) is 4.79 Å². The number of likely N-dealkylation sites (N-methyl/N-ethyl adjacent to an activating group) is 2. The summed E-state index contributed by atoms with van der Waals surface area (Å²) >= 11 is 0. The van der Waals surface area contributed by atoms with Gasteiger partial charge < -0.3 is 25.2 Å². The Hall–Kier alpha value is -3.51. The molecule has 3 rings (SSSR count). The van der Waals surface area contributed by atoms with Gasteiger partial charge in [0.15, 0.2) is 5.82 Å². The lowest BCUT2D eigenvalue weighted by Crippen LogP contribution is -2.28. The molecule has 0 atom stereocenters. The second kappa shape index (κ2) is 10.4. The monoisotopic (exact) mass is 459 g/mol. The summed E-state index contributed by atoms with van der Waals surface area (Å²) in [5.74, 6) is -0.497. The Labute approximate surface area is 191 Å². The number of nitrogens with zero attached hydrogens (tertiary/aromatic N) is 5. The first kappa shape index (κ1) is 24.1. The van der Waals surface area contributed by atoms with E-state index in [1.54, 1.807) is 13.0 Å². The first-order valence-corrected chi connectivity index (χ1v) is 10.7. The van der Waals surface area contributed by atoms with Crippen LogP contribution in [0.15, 0.2) is 18.2 Å². The van der Waals surface area contributed by atoms with E-state index in [1.165, 1.54) is 12.1 Å². The molecule has 0 bridgehead atoms. The number of nitro groups is 1. The molecule has 1 aromatic heterocycles. The summed E-state index contributed by atoms with van der Waals surface area (Å²) in [5.41, 5.74) is 1.54. The van der Waals surface area contributed by atoms with Gasteiger partial charge in [-0.3, -0.25) is 14.9 Å². The van der Waals surface area contributed by atoms with Gasteiger partial charge in [-0.1, -0.05) is 0 Å². The van der Waals surface area contributed by atoms with Crippen molar-refractivity contribution < 1.29 is 19.2 Å². The predicted octanol–water partition coefficient (Wildman–Crippen LogP) is 1.69. The Bertz CT molecular complexity index is 1050. The molecule has 2 aromatic rings. The molecule has 0 aliphatic carbocycles. The Kier molecular flexibility index (Phi) is 7.61. The maximum Gasteiger partial charge on any atom is 0.434 e. The summed E-state index contributed by atoms with van der Waals surface area (Å²) < 4.78 is 6.19. The van der Waals surface area contributed by atoms with E-state index in [9.17, 15) is 19.7 Å². The van der Waals surface area contributed by atoms with Crippen LogP contribution in [0.5, 0.6) is 0 Å². The highest BCUT2D eigenvalue weighted by Crippen LogP contribution is 2.28. The molecule has 33 heavy (non-hydrogen) atoms. The van der Waals surface area contributed by atoms with E-state index < -0.39 is 16.9 Å². The molecule has 1 aliphatic heterocycles. The Morgan fingerprint density at radius 3 is 2.73 bits per heavy atom. The third-order valence-electron chi connectivity index (χ3n) is 5.35. The molecular weight excluding hydrogens is 430 g/mol. The van der Waals surface area contributed by atoms with Crippen molar-refractivity contribution in [1.82, 2.24) is 20.0 Å². The van der Waals surface area contributed by atoms with Crippen LogP contribution in [0.2, 0.25) is 0 Å². The van der Waals surface area contributed by atoms with E-state index >= 15 is 0 Å². The molecule has 0 saturated heterocycles. The lowest BCUT2D eigenvalue weighted by atomic mass is 10.1. The van der Waals surface area contributed by atoms with Gasteiger partial charge in [0.25, 0.3) is 11.6 Å². The van der Waals surface area contributed by atoms with Gasteiger partial charge in [-0.2, -0.15) is 4.68 Å². The van der Waals surface area contributed by atoms with Crippen LogP contribution in [-0.2, 0) is 17.7 Å². The molecule has 0 saturated carbocycles. The van der Waals surface area contributed by atoms with E-state index in [0.29, 0.717) is 43.0 Å². The Morgan fingerprint density at radius 1 is 1.30 bits per heavy atom. The zero-order valence-corrected chi connectivity index (χ0v) is 19.3. The molecule has 1 aromatic carbocycles. The Balaban J connectivity index is 1.88. The number of aromatic nitrogens is 2. The molecule has 0 fully saturated rings. The molecule has 0 radical (unpaired) electrons. The number of benzene rings is 1. The van der Waals surface area contributed by atoms with Crippen LogP contribution in [0.3, 0.4) is 0 Å². The Morgan fingerprint density at radius 2 is 2.06 bits per heavy atom. The summed E-state index contributed by atoms with van der Waals surface area (Å²) in [6, 6.07) is 4.49. The number of anilines is 2. The molecule has 12 nitrogen and oxygen atoms in total. The second-order valence-electron chi connectivity index (χ2n) is 7.95. The van der Waals surface area contributed by atoms with Crippen LogP contribution >= 0.6 is 0 Å². The third kappa shape index (κ3) is 5.46. The lowest BCUT2D eigenvalue weighted by molar-refractivity contribution is -0.385. The number of nitrogens with one attached hydrogen (secondary N) is 2. The summed E-state index contributed by atoms with van der Waals surface area (Å²) in [5, 5.41) is 21.8. The molecule has 0 unspecified atom stereocenters. The molecule has 1 aliphatic rings. The van der Waals surface area contributed by atoms with Crippen molar-refractivity contribution in [3.63, 3.8) is 0 Å². The molecule has 12 heteroatoms. The van der Waals surface area contributed by atoms with Crippen LogP contribution in [0.4, 0.5) is 22.0 Å². The molecule has 2 N–H and O–H groups in total. The van der Waals surface area contributed by atoms with Gasteiger partial charge in [-0.05, 0) is 33.2 Å². The summed E-state index contributed by atoms with van der Waals surface area (Å²) in [6.07, 6.45) is -0.0993. The number of hydrogen-bond acceptors (Lipinski definition) is 9. The van der Waals surface area contributed by atoms with Gasteiger partial charge in [0, 0.05) is 57.0 Å². The smallest absolute Gasteiger partial charge is 0.434 e. The van der Waals surface area contributed by atoms with Crippen molar-refractivity contribution in [3.8, 4) is 0 Å². The van der Waals surface area contributed by atoms with Crippen molar-refractivity contribution in [1.29, 1.82) is 0 Å². The minimum absolute atomic E-state index is 0.0898. The van der Waals surface area contributed by atoms with Gasteiger partial charge in [0.2, 0.25) is 0 Å². The van der Waals surface area contributed by atoms with Gasteiger partial charge in [0.05, 0.1) is 17.2 Å². The maximum atomic E-state index is 13.0. The van der Waals surface area contributed by atoms with Crippen LogP contribution < -0.4 is 15.5 Å². The summed E-state index contributed by atoms with van der Waals surface area (Å²) in [4.78, 5) is 40.3. The zero-order chi connectivity index (χ0) is 24.1. The van der Waals surface area contributed by atoms with Crippen LogP contribution in [0.25, 0.3) is 0 Å². The van der Waals surface area contributed by atoms with Crippen molar-refractivity contribution in [3.05, 3.63) is 45.1 Å². The number of carbonyl (C=O) groups excluding carboxylic acids is 2. The average molecular weight is 460 g/mol. The highest BCUT2D eigenvalue weighted by atomic mass is 16.6. The van der Waals surface area contributed by atoms with Gasteiger partial charge in [0.1, 0.15) is 5.56 Å². The van der Waals surface area contributed by atoms with E-state index in [4.69, 9.17) is 4.74 Å². The lowest BCUT2D eigenvalue weighted by Gasteiger charge is -2.21. The van der Waals surface area contributed by atoms with Crippen molar-refractivity contribution >= 4 is 29.2 Å². The molecule has 0 spiro atoms. The minimum Gasteiger partial charge on any atom is -0.448 e. The average Bonchev–Trinajstić information content (AvgIpc) is 3.15. The van der Waals surface area contributed by atoms with Gasteiger partial charge in [-0.15, -0.1) is 5.10 Å². The van der Waals surface area contributed by atoms with Crippen LogP contribution in [0, 0.1) is 10.1 Å². The first-order valence-electron chi connectivity index (χ1n) is 10.7. The number of ether oxygens (including phenoxy) is 1. The number of hydrogen-bond donors (Lipinski definition) is 2. The number of nitro benzene ring substituents is 1. The SMILES string of the molecule is CCOC(=O)n1nc(NC(=O)c2ccc(N(C)CCN(C)C)cc2[N+](=O)[O-])c2c1CCNC2. The molecule has 178 valence electrons. The summed E-state index contributed by atoms with van der Waals surface area (Å²) in [6.45, 7) is 4.38. The van der Waals surface area contributed by atoms with Crippen molar-refractivity contribution in [2.45, 2.75) is 19.9 Å². The quantitative estimate of drug-likeness (QED) is 0.446. The highest BCUT2D eigenvalue weighted by molar-refractivity contribution is 6.07. The maximum absolute atomic E-state index is 13.0. The zero-order valence-electron chi connectivity index (χ0n) is 19.3. The fourth-order valence-electron chi connectivity index (χ4n) is 3.54. The van der Waals surface area contributed by atoms with E-state index in [-0.39, 0.29) is 23.7 Å². The number of fused-ring (bicyclic) bond motifs is 1. The summed E-state index contributed by atoms with van der Waals surface area (Å²) in [7, 11) is 5.73. The predicted molar refractivity (Wildman–Crippen MR) is 123 cm³/mol.